The maximum atomic E-state index is 12.1. The summed E-state index contributed by atoms with van der Waals surface area (Å²) in [6.07, 6.45) is -1.13. The van der Waals surface area contributed by atoms with E-state index < -0.39 is 36.0 Å². The molecule has 2 atom stereocenters. The summed E-state index contributed by atoms with van der Waals surface area (Å²) in [5.74, 6) is -1.37. The Morgan fingerprint density at radius 1 is 1.23 bits per heavy atom. The number of hydrogen-bond acceptors (Lipinski definition) is 6. The van der Waals surface area contributed by atoms with Crippen molar-refractivity contribution in [3.63, 3.8) is 0 Å². The van der Waals surface area contributed by atoms with Crippen molar-refractivity contribution < 1.29 is 28.7 Å². The average Bonchev–Trinajstić information content (AvgIpc) is 3.06. The third-order valence-corrected chi connectivity index (χ3v) is 3.61. The van der Waals surface area contributed by atoms with E-state index in [0.717, 1.165) is 4.90 Å². The van der Waals surface area contributed by atoms with Crippen molar-refractivity contribution in [2.45, 2.75) is 26.0 Å². The molecule has 0 radical (unpaired) electrons. The fourth-order valence-electron chi connectivity index (χ4n) is 2.24. The Balaban J connectivity index is 1.76. The van der Waals surface area contributed by atoms with Crippen molar-refractivity contribution in [1.82, 2.24) is 15.5 Å². The summed E-state index contributed by atoms with van der Waals surface area (Å²) in [7, 11) is 0. The van der Waals surface area contributed by atoms with Crippen LogP contribution in [0, 0.1) is 0 Å². The summed E-state index contributed by atoms with van der Waals surface area (Å²) < 4.78 is 10.3. The van der Waals surface area contributed by atoms with E-state index in [0.29, 0.717) is 12.3 Å². The number of urea groups is 1. The molecule has 0 aliphatic carbocycles. The first-order valence-electron chi connectivity index (χ1n) is 8.15. The van der Waals surface area contributed by atoms with Crippen LogP contribution in [0.25, 0.3) is 0 Å². The zero-order valence-corrected chi connectivity index (χ0v) is 14.6. The minimum atomic E-state index is -1.13. The van der Waals surface area contributed by atoms with Crippen LogP contribution in [0.5, 0.6) is 5.75 Å². The van der Waals surface area contributed by atoms with Crippen LogP contribution in [0.3, 0.4) is 0 Å². The van der Waals surface area contributed by atoms with Crippen LogP contribution in [-0.4, -0.2) is 60.6 Å². The van der Waals surface area contributed by atoms with E-state index in [9.17, 15) is 19.2 Å². The zero-order valence-electron chi connectivity index (χ0n) is 14.6. The number of para-hydroxylation sites is 1. The van der Waals surface area contributed by atoms with Crippen molar-refractivity contribution in [3.05, 3.63) is 30.3 Å². The molecule has 9 nitrogen and oxygen atoms in total. The summed E-state index contributed by atoms with van der Waals surface area (Å²) in [4.78, 5) is 48.4. The maximum Gasteiger partial charge on any atom is 0.329 e. The number of nitrogens with one attached hydrogen (secondary N) is 2. The minimum absolute atomic E-state index is 0.225. The normalized spacial score (nSPS) is 15.6. The first-order valence-corrected chi connectivity index (χ1v) is 8.15. The number of hydrogen-bond donors (Lipinski definition) is 2. The molecule has 0 unspecified atom stereocenters. The van der Waals surface area contributed by atoms with Crippen LogP contribution in [0.2, 0.25) is 0 Å². The molecule has 1 heterocycles. The SMILES string of the molecule is C[C@H](NC(=O)COc1ccccc1)C(=O)O[C@@H](C)C(=O)N1CCNC1=O. The largest absolute Gasteiger partial charge is 0.484 e. The van der Waals surface area contributed by atoms with Crippen LogP contribution >= 0.6 is 0 Å². The molecule has 140 valence electrons. The molecule has 26 heavy (non-hydrogen) atoms. The minimum Gasteiger partial charge on any atom is -0.484 e. The van der Waals surface area contributed by atoms with Crippen LogP contribution in [0.4, 0.5) is 4.79 Å². The third-order valence-electron chi connectivity index (χ3n) is 3.61. The van der Waals surface area contributed by atoms with Gasteiger partial charge in [0.05, 0.1) is 0 Å². The molecule has 9 heteroatoms. The number of benzene rings is 1. The van der Waals surface area contributed by atoms with E-state index in [2.05, 4.69) is 10.6 Å². The molecular weight excluding hydrogens is 342 g/mol. The predicted octanol–water partition coefficient (Wildman–Crippen LogP) is 0.0536. The van der Waals surface area contributed by atoms with Gasteiger partial charge in [-0.15, -0.1) is 0 Å². The Morgan fingerprint density at radius 3 is 2.54 bits per heavy atom. The zero-order chi connectivity index (χ0) is 19.1. The topological polar surface area (TPSA) is 114 Å². The van der Waals surface area contributed by atoms with Crippen LogP contribution < -0.4 is 15.4 Å². The average molecular weight is 363 g/mol. The molecule has 1 saturated heterocycles. The quantitative estimate of drug-likeness (QED) is 0.662. The highest BCUT2D eigenvalue weighted by Gasteiger charge is 2.32. The van der Waals surface area contributed by atoms with Gasteiger partial charge in [0.15, 0.2) is 12.7 Å². The number of nitrogens with zero attached hydrogens (tertiary/aromatic N) is 1. The first-order chi connectivity index (χ1) is 12.4. The molecule has 1 fully saturated rings. The Kier molecular flexibility index (Phi) is 6.54. The molecule has 1 aromatic carbocycles. The summed E-state index contributed by atoms with van der Waals surface area (Å²) >= 11 is 0. The van der Waals surface area contributed by atoms with Crippen LogP contribution in [-0.2, 0) is 19.1 Å². The molecule has 2 rings (SSSR count). The molecule has 1 aliphatic rings. The molecule has 0 bridgehead atoms. The van der Waals surface area contributed by atoms with Crippen molar-refractivity contribution in [1.29, 1.82) is 0 Å². The monoisotopic (exact) mass is 363 g/mol. The van der Waals surface area contributed by atoms with Gasteiger partial charge in [0.2, 0.25) is 0 Å². The third kappa shape index (κ3) is 5.20. The second-order valence-electron chi connectivity index (χ2n) is 5.69. The summed E-state index contributed by atoms with van der Waals surface area (Å²) in [5.41, 5.74) is 0. The Labute approximate surface area is 150 Å². The van der Waals surface area contributed by atoms with E-state index in [1.54, 1.807) is 24.3 Å². The standard InChI is InChI=1S/C17H21N3O6/c1-11(19-14(21)10-25-13-6-4-3-5-7-13)16(23)26-12(2)15(22)20-9-8-18-17(20)24/h3-7,11-12H,8-10H2,1-2H3,(H,18,24)(H,19,21)/t11-,12-/m0/s1. The fraction of sp³-hybridized carbons (Fsp3) is 0.412. The smallest absolute Gasteiger partial charge is 0.329 e. The highest BCUT2D eigenvalue weighted by Crippen LogP contribution is 2.08. The Bertz CT molecular complexity index is 678. The second kappa shape index (κ2) is 8.84. The number of carbonyl (C=O) groups excluding carboxylic acids is 4. The van der Waals surface area contributed by atoms with Crippen molar-refractivity contribution in [3.8, 4) is 5.75 Å². The van der Waals surface area contributed by atoms with Gasteiger partial charge in [-0.2, -0.15) is 0 Å². The number of amides is 4. The molecule has 0 aromatic heterocycles. The van der Waals surface area contributed by atoms with Gasteiger partial charge in [-0.05, 0) is 26.0 Å². The lowest BCUT2D eigenvalue weighted by atomic mass is 10.3. The molecule has 0 saturated carbocycles. The Hall–Kier alpha value is -3.10. The number of esters is 1. The van der Waals surface area contributed by atoms with E-state index in [1.165, 1.54) is 13.8 Å². The highest BCUT2D eigenvalue weighted by atomic mass is 16.5. The van der Waals surface area contributed by atoms with Gasteiger partial charge in [0, 0.05) is 13.1 Å². The number of ether oxygens (including phenoxy) is 2. The second-order valence-corrected chi connectivity index (χ2v) is 5.69. The van der Waals surface area contributed by atoms with E-state index in [-0.39, 0.29) is 13.2 Å². The van der Waals surface area contributed by atoms with Crippen molar-refractivity contribution >= 4 is 23.8 Å². The van der Waals surface area contributed by atoms with E-state index in [1.807, 2.05) is 6.07 Å². The molecule has 1 aliphatic heterocycles. The molecular formula is C17H21N3O6. The summed E-state index contributed by atoms with van der Waals surface area (Å²) in [6.45, 7) is 3.13. The van der Waals surface area contributed by atoms with Crippen LogP contribution in [0.15, 0.2) is 30.3 Å². The summed E-state index contributed by atoms with van der Waals surface area (Å²) in [5, 5.41) is 4.92. The van der Waals surface area contributed by atoms with Gasteiger partial charge in [0.1, 0.15) is 11.8 Å². The van der Waals surface area contributed by atoms with Crippen LogP contribution in [0.1, 0.15) is 13.8 Å². The van der Waals surface area contributed by atoms with E-state index in [4.69, 9.17) is 9.47 Å². The number of rotatable bonds is 7. The molecule has 1 aromatic rings. The van der Waals surface area contributed by atoms with Gasteiger partial charge in [-0.25, -0.2) is 9.59 Å². The number of imide groups is 1. The lowest BCUT2D eigenvalue weighted by Crippen LogP contribution is -2.46. The number of carbonyl (C=O) groups is 4. The lowest BCUT2D eigenvalue weighted by molar-refractivity contribution is -0.159. The maximum absolute atomic E-state index is 12.1. The van der Waals surface area contributed by atoms with Gasteiger partial charge >= 0.3 is 12.0 Å². The van der Waals surface area contributed by atoms with Gasteiger partial charge in [0.25, 0.3) is 11.8 Å². The highest BCUT2D eigenvalue weighted by molar-refractivity contribution is 5.98. The summed E-state index contributed by atoms with van der Waals surface area (Å²) in [6, 6.07) is 7.28. The predicted molar refractivity (Wildman–Crippen MR) is 90.2 cm³/mol. The molecule has 4 amide bonds. The van der Waals surface area contributed by atoms with E-state index >= 15 is 0 Å². The molecule has 2 N–H and O–H groups in total. The van der Waals surface area contributed by atoms with Crippen molar-refractivity contribution in [2.24, 2.45) is 0 Å². The van der Waals surface area contributed by atoms with Crippen molar-refractivity contribution in [2.75, 3.05) is 19.7 Å². The van der Waals surface area contributed by atoms with Gasteiger partial charge < -0.3 is 20.1 Å². The van der Waals surface area contributed by atoms with Gasteiger partial charge in [-0.3, -0.25) is 14.5 Å². The lowest BCUT2D eigenvalue weighted by Gasteiger charge is -2.20. The molecule has 0 spiro atoms. The Morgan fingerprint density at radius 2 is 1.92 bits per heavy atom. The first kappa shape index (κ1) is 19.2. The fourth-order valence-corrected chi connectivity index (χ4v) is 2.24. The van der Waals surface area contributed by atoms with Gasteiger partial charge in [-0.1, -0.05) is 18.2 Å².